The molecular weight excluding hydrogens is 278 g/mol. The average Bonchev–Trinajstić information content (AvgIpc) is 2.37. The summed E-state index contributed by atoms with van der Waals surface area (Å²) in [6.07, 6.45) is -3.49. The van der Waals surface area contributed by atoms with Crippen LogP contribution in [-0.4, -0.2) is 16.1 Å². The number of hydrogen-bond donors (Lipinski definition) is 1. The lowest BCUT2D eigenvalue weighted by molar-refractivity contribution is -0.137. The van der Waals surface area contributed by atoms with Crippen LogP contribution in [0.25, 0.3) is 11.3 Å². The van der Waals surface area contributed by atoms with Gasteiger partial charge in [-0.3, -0.25) is 4.98 Å². The fraction of sp³-hybridized carbons (Fsp3) is 0.0769. The highest BCUT2D eigenvalue weighted by atomic mass is 19.4. The molecule has 20 heavy (non-hydrogen) atoms. The molecule has 0 aliphatic carbocycles. The van der Waals surface area contributed by atoms with Gasteiger partial charge in [-0.2, -0.15) is 13.2 Å². The van der Waals surface area contributed by atoms with Gasteiger partial charge in [0.1, 0.15) is 5.82 Å². The summed E-state index contributed by atoms with van der Waals surface area (Å²) in [5.41, 5.74) is -2.21. The van der Waals surface area contributed by atoms with Gasteiger partial charge in [-0.25, -0.2) is 9.18 Å². The Kier molecular flexibility index (Phi) is 3.44. The number of aromatic nitrogens is 1. The topological polar surface area (TPSA) is 50.2 Å². The lowest BCUT2D eigenvalue weighted by Gasteiger charge is -2.12. The number of carbonyl (C=O) groups is 1. The molecule has 2 aromatic rings. The van der Waals surface area contributed by atoms with E-state index < -0.39 is 34.8 Å². The van der Waals surface area contributed by atoms with E-state index in [2.05, 4.69) is 4.98 Å². The molecule has 0 bridgehead atoms. The standard InChI is InChI=1S/C13H7F4NO2/c14-10-6-7(3-4-8(10)12(19)20)11-9(13(15,16)17)2-1-5-18-11/h1-6H,(H,19,20). The van der Waals surface area contributed by atoms with Crippen molar-refractivity contribution in [3.63, 3.8) is 0 Å². The number of carboxylic acid groups (broad SMARTS) is 1. The zero-order valence-corrected chi connectivity index (χ0v) is 9.78. The maximum absolute atomic E-state index is 13.5. The van der Waals surface area contributed by atoms with E-state index in [1.165, 1.54) is 0 Å². The van der Waals surface area contributed by atoms with Crippen LogP contribution in [0.2, 0.25) is 0 Å². The molecule has 0 radical (unpaired) electrons. The highest BCUT2D eigenvalue weighted by Crippen LogP contribution is 2.35. The molecule has 0 unspecified atom stereocenters. The van der Waals surface area contributed by atoms with Gasteiger partial charge in [0.25, 0.3) is 0 Å². The Labute approximate surface area is 110 Å². The van der Waals surface area contributed by atoms with Crippen molar-refractivity contribution in [1.82, 2.24) is 4.98 Å². The number of halogens is 4. The fourth-order valence-corrected chi connectivity index (χ4v) is 1.70. The highest BCUT2D eigenvalue weighted by molar-refractivity contribution is 5.88. The van der Waals surface area contributed by atoms with E-state index in [0.29, 0.717) is 0 Å². The molecule has 0 saturated heterocycles. The molecule has 0 fully saturated rings. The summed E-state index contributed by atoms with van der Waals surface area (Å²) >= 11 is 0. The second kappa shape index (κ2) is 4.92. The largest absolute Gasteiger partial charge is 0.478 e. The predicted molar refractivity (Wildman–Crippen MR) is 61.6 cm³/mol. The van der Waals surface area contributed by atoms with Crippen molar-refractivity contribution in [2.45, 2.75) is 6.18 Å². The average molecular weight is 285 g/mol. The van der Waals surface area contributed by atoms with E-state index in [4.69, 9.17) is 5.11 Å². The van der Waals surface area contributed by atoms with Crippen molar-refractivity contribution >= 4 is 5.97 Å². The van der Waals surface area contributed by atoms with Crippen LogP contribution in [-0.2, 0) is 6.18 Å². The van der Waals surface area contributed by atoms with Gasteiger partial charge >= 0.3 is 12.1 Å². The van der Waals surface area contributed by atoms with Crippen LogP contribution >= 0.6 is 0 Å². The van der Waals surface area contributed by atoms with Crippen molar-refractivity contribution in [3.05, 3.63) is 53.5 Å². The Morgan fingerprint density at radius 1 is 1.20 bits per heavy atom. The number of carboxylic acids is 1. The van der Waals surface area contributed by atoms with Crippen molar-refractivity contribution < 1.29 is 27.5 Å². The van der Waals surface area contributed by atoms with Gasteiger partial charge < -0.3 is 5.11 Å². The number of benzene rings is 1. The van der Waals surface area contributed by atoms with Gasteiger partial charge in [0.05, 0.1) is 16.8 Å². The minimum Gasteiger partial charge on any atom is -0.478 e. The summed E-state index contributed by atoms with van der Waals surface area (Å²) in [5.74, 6) is -2.61. The number of alkyl halides is 3. The third-order valence-corrected chi connectivity index (χ3v) is 2.59. The lowest BCUT2D eigenvalue weighted by Crippen LogP contribution is -2.08. The Morgan fingerprint density at radius 2 is 1.90 bits per heavy atom. The van der Waals surface area contributed by atoms with Crippen LogP contribution < -0.4 is 0 Å². The van der Waals surface area contributed by atoms with Gasteiger partial charge in [0, 0.05) is 11.8 Å². The van der Waals surface area contributed by atoms with Crippen molar-refractivity contribution in [3.8, 4) is 11.3 Å². The van der Waals surface area contributed by atoms with Gasteiger partial charge in [-0.1, -0.05) is 6.07 Å². The molecule has 1 aromatic carbocycles. The number of hydrogen-bond acceptors (Lipinski definition) is 2. The molecular formula is C13H7F4NO2. The SMILES string of the molecule is O=C(O)c1ccc(-c2ncccc2C(F)(F)F)cc1F. The monoisotopic (exact) mass is 285 g/mol. The van der Waals surface area contributed by atoms with Crippen molar-refractivity contribution in [2.75, 3.05) is 0 Å². The summed E-state index contributed by atoms with van der Waals surface area (Å²) in [5, 5.41) is 8.68. The maximum Gasteiger partial charge on any atom is 0.418 e. The maximum atomic E-state index is 13.5. The normalized spacial score (nSPS) is 11.4. The molecule has 3 nitrogen and oxygen atoms in total. The molecule has 7 heteroatoms. The first-order chi connectivity index (χ1) is 9.30. The van der Waals surface area contributed by atoms with Crippen LogP contribution in [0.15, 0.2) is 36.5 Å². The Morgan fingerprint density at radius 3 is 2.45 bits per heavy atom. The summed E-state index contributed by atoms with van der Waals surface area (Å²) in [6.45, 7) is 0. The molecule has 1 heterocycles. The third kappa shape index (κ3) is 2.61. The molecule has 1 aromatic heterocycles. The molecule has 0 amide bonds. The van der Waals surface area contributed by atoms with Gasteiger partial charge in [0.2, 0.25) is 0 Å². The molecule has 0 saturated carbocycles. The van der Waals surface area contributed by atoms with E-state index in [1.807, 2.05) is 0 Å². The minimum absolute atomic E-state index is 0.138. The van der Waals surface area contributed by atoms with E-state index >= 15 is 0 Å². The number of rotatable bonds is 2. The summed E-state index contributed by atoms with van der Waals surface area (Å²) in [4.78, 5) is 14.3. The molecule has 104 valence electrons. The Balaban J connectivity index is 2.59. The first-order valence-electron chi connectivity index (χ1n) is 5.36. The van der Waals surface area contributed by atoms with E-state index in [1.54, 1.807) is 0 Å². The first-order valence-corrected chi connectivity index (χ1v) is 5.36. The van der Waals surface area contributed by atoms with Gasteiger partial charge in [-0.15, -0.1) is 0 Å². The van der Waals surface area contributed by atoms with Crippen LogP contribution in [0.1, 0.15) is 15.9 Å². The fourth-order valence-electron chi connectivity index (χ4n) is 1.70. The van der Waals surface area contributed by atoms with E-state index in [0.717, 1.165) is 36.5 Å². The molecule has 1 N–H and O–H groups in total. The zero-order valence-electron chi connectivity index (χ0n) is 9.78. The van der Waals surface area contributed by atoms with Crippen LogP contribution in [0.3, 0.4) is 0 Å². The molecule has 0 aliphatic rings. The van der Waals surface area contributed by atoms with Gasteiger partial charge in [0.15, 0.2) is 0 Å². The smallest absolute Gasteiger partial charge is 0.418 e. The first kappa shape index (κ1) is 14.0. The minimum atomic E-state index is -4.63. The number of nitrogens with zero attached hydrogens (tertiary/aromatic N) is 1. The lowest BCUT2D eigenvalue weighted by atomic mass is 10.0. The zero-order chi connectivity index (χ0) is 14.9. The van der Waals surface area contributed by atoms with Crippen molar-refractivity contribution in [1.29, 1.82) is 0 Å². The summed E-state index contributed by atoms with van der Waals surface area (Å²) in [7, 11) is 0. The van der Waals surface area contributed by atoms with Crippen LogP contribution in [0, 0.1) is 5.82 Å². The molecule has 2 rings (SSSR count). The van der Waals surface area contributed by atoms with E-state index in [-0.39, 0.29) is 5.56 Å². The summed E-state index contributed by atoms with van der Waals surface area (Å²) < 4.78 is 52.0. The second-order valence-corrected chi connectivity index (χ2v) is 3.90. The van der Waals surface area contributed by atoms with Crippen LogP contribution in [0.4, 0.5) is 17.6 Å². The quantitative estimate of drug-likeness (QED) is 0.858. The van der Waals surface area contributed by atoms with E-state index in [9.17, 15) is 22.4 Å². The van der Waals surface area contributed by atoms with Gasteiger partial charge in [-0.05, 0) is 24.3 Å². The summed E-state index contributed by atoms with van der Waals surface area (Å²) in [6, 6.07) is 4.66. The molecule has 0 spiro atoms. The Bertz CT molecular complexity index is 668. The highest BCUT2D eigenvalue weighted by Gasteiger charge is 2.34. The number of pyridine rings is 1. The second-order valence-electron chi connectivity index (χ2n) is 3.90. The third-order valence-electron chi connectivity index (χ3n) is 2.59. The van der Waals surface area contributed by atoms with Crippen molar-refractivity contribution in [2.24, 2.45) is 0 Å². The number of aromatic carboxylic acids is 1. The molecule has 0 atom stereocenters. The Hall–Kier alpha value is -2.44. The molecule has 0 aliphatic heterocycles. The van der Waals surface area contributed by atoms with Crippen LogP contribution in [0.5, 0.6) is 0 Å². The predicted octanol–water partition coefficient (Wildman–Crippen LogP) is 3.60.